The van der Waals surface area contributed by atoms with E-state index in [0.717, 1.165) is 6.54 Å². The number of nitrogens with zero attached hydrogens (tertiary/aromatic N) is 1. The molecule has 1 aliphatic carbocycles. The number of benzene rings is 2. The largest absolute Gasteiger partial charge is 0.294 e. The van der Waals surface area contributed by atoms with Gasteiger partial charge in [-0.3, -0.25) is 4.90 Å². The van der Waals surface area contributed by atoms with E-state index in [4.69, 9.17) is 0 Å². The third kappa shape index (κ3) is 3.11. The Bertz CT molecular complexity index is 823. The molecule has 0 fully saturated rings. The fraction of sp³-hybridized carbons (Fsp3) is 0.520. The second kappa shape index (κ2) is 6.23. The Kier molecular flexibility index (Phi) is 4.27. The molecule has 0 unspecified atom stereocenters. The van der Waals surface area contributed by atoms with Crippen molar-refractivity contribution in [1.29, 1.82) is 0 Å². The lowest BCUT2D eigenvalue weighted by Gasteiger charge is -2.39. The average molecular weight is 348 g/mol. The standard InChI is InChI=1S/C25H33N/c1-24(2,3)26-14-13-20-16-23(12-10-21(20)17-26)25(4,5)22-11-9-18-7-6-8-19(18)15-22/h9-12,15-16H,6-8,13-14,17H2,1-5H3. The van der Waals surface area contributed by atoms with Crippen LogP contribution >= 0.6 is 0 Å². The fourth-order valence-electron chi connectivity index (χ4n) is 4.64. The van der Waals surface area contributed by atoms with Crippen molar-refractivity contribution in [2.24, 2.45) is 0 Å². The molecule has 4 rings (SSSR count). The molecule has 1 aliphatic heterocycles. The summed E-state index contributed by atoms with van der Waals surface area (Å²) in [5, 5.41) is 0. The van der Waals surface area contributed by atoms with Crippen molar-refractivity contribution in [3.8, 4) is 0 Å². The zero-order valence-electron chi connectivity index (χ0n) is 17.2. The highest BCUT2D eigenvalue weighted by Crippen LogP contribution is 2.36. The Morgan fingerprint density at radius 1 is 0.692 bits per heavy atom. The first kappa shape index (κ1) is 17.8. The van der Waals surface area contributed by atoms with Crippen LogP contribution in [0.3, 0.4) is 0 Å². The molecule has 0 bridgehead atoms. The van der Waals surface area contributed by atoms with Crippen molar-refractivity contribution < 1.29 is 0 Å². The van der Waals surface area contributed by atoms with Crippen molar-refractivity contribution in [1.82, 2.24) is 4.90 Å². The number of fused-ring (bicyclic) bond motifs is 2. The van der Waals surface area contributed by atoms with E-state index >= 15 is 0 Å². The van der Waals surface area contributed by atoms with Crippen LogP contribution in [0.5, 0.6) is 0 Å². The van der Waals surface area contributed by atoms with Crippen molar-refractivity contribution >= 4 is 0 Å². The van der Waals surface area contributed by atoms with E-state index in [0.29, 0.717) is 0 Å². The van der Waals surface area contributed by atoms with Crippen LogP contribution in [-0.2, 0) is 31.2 Å². The van der Waals surface area contributed by atoms with E-state index in [1.807, 2.05) is 0 Å². The van der Waals surface area contributed by atoms with Crippen molar-refractivity contribution in [3.63, 3.8) is 0 Å². The molecule has 2 aromatic rings. The zero-order valence-corrected chi connectivity index (χ0v) is 17.2. The topological polar surface area (TPSA) is 3.24 Å². The van der Waals surface area contributed by atoms with Gasteiger partial charge in [-0.05, 0) is 79.8 Å². The SMILES string of the molecule is CC(C)(c1ccc2c(c1)CCC2)c1ccc2c(c1)CCN(C(C)(C)C)C2. The van der Waals surface area contributed by atoms with Gasteiger partial charge >= 0.3 is 0 Å². The van der Waals surface area contributed by atoms with E-state index in [9.17, 15) is 0 Å². The Morgan fingerprint density at radius 3 is 1.92 bits per heavy atom. The third-order valence-electron chi connectivity index (χ3n) is 6.71. The van der Waals surface area contributed by atoms with Gasteiger partial charge in [0.15, 0.2) is 0 Å². The van der Waals surface area contributed by atoms with Crippen LogP contribution in [0.4, 0.5) is 0 Å². The number of aryl methyl sites for hydroxylation is 2. The highest BCUT2D eigenvalue weighted by Gasteiger charge is 2.29. The fourth-order valence-corrected chi connectivity index (χ4v) is 4.64. The first-order chi connectivity index (χ1) is 12.2. The van der Waals surface area contributed by atoms with Gasteiger partial charge < -0.3 is 0 Å². The Balaban J connectivity index is 1.64. The molecular formula is C25H33N. The molecule has 0 N–H and O–H groups in total. The highest BCUT2D eigenvalue weighted by molar-refractivity contribution is 5.46. The molecule has 2 aromatic carbocycles. The van der Waals surface area contributed by atoms with Gasteiger partial charge in [0.2, 0.25) is 0 Å². The number of rotatable bonds is 2. The molecule has 0 radical (unpaired) electrons. The average Bonchev–Trinajstić information content (AvgIpc) is 3.07. The highest BCUT2D eigenvalue weighted by atomic mass is 15.2. The van der Waals surface area contributed by atoms with Crippen molar-refractivity contribution in [2.45, 2.75) is 77.8 Å². The van der Waals surface area contributed by atoms with Crippen LogP contribution in [0.15, 0.2) is 36.4 Å². The minimum Gasteiger partial charge on any atom is -0.294 e. The van der Waals surface area contributed by atoms with Crippen LogP contribution in [0.1, 0.15) is 74.4 Å². The van der Waals surface area contributed by atoms with Crippen molar-refractivity contribution in [3.05, 3.63) is 69.8 Å². The molecule has 26 heavy (non-hydrogen) atoms. The summed E-state index contributed by atoms with van der Waals surface area (Å²) >= 11 is 0. The maximum atomic E-state index is 2.60. The molecule has 0 atom stereocenters. The minimum atomic E-state index is 0.0633. The van der Waals surface area contributed by atoms with Gasteiger partial charge in [0.25, 0.3) is 0 Å². The molecule has 0 saturated heterocycles. The monoisotopic (exact) mass is 347 g/mol. The second-order valence-corrected chi connectivity index (χ2v) is 9.79. The lowest BCUT2D eigenvalue weighted by molar-refractivity contribution is 0.121. The van der Waals surface area contributed by atoms with Gasteiger partial charge in [0.05, 0.1) is 0 Å². The predicted octanol–water partition coefficient (Wildman–Crippen LogP) is 5.66. The summed E-state index contributed by atoms with van der Waals surface area (Å²) in [6.07, 6.45) is 5.01. The van der Waals surface area contributed by atoms with E-state index in [1.165, 1.54) is 48.9 Å². The number of hydrogen-bond donors (Lipinski definition) is 0. The molecular weight excluding hydrogens is 314 g/mol. The quantitative estimate of drug-likeness (QED) is 0.678. The summed E-state index contributed by atoms with van der Waals surface area (Å²) in [5.74, 6) is 0. The van der Waals surface area contributed by atoms with Crippen molar-refractivity contribution in [2.75, 3.05) is 6.54 Å². The summed E-state index contributed by atoms with van der Waals surface area (Å²) in [5.41, 5.74) is 9.44. The smallest absolute Gasteiger partial charge is 0.0241 e. The van der Waals surface area contributed by atoms with E-state index < -0.39 is 0 Å². The van der Waals surface area contributed by atoms with Crippen LogP contribution in [0, 0.1) is 0 Å². The lowest BCUT2D eigenvalue weighted by atomic mass is 9.76. The molecule has 138 valence electrons. The molecule has 1 nitrogen and oxygen atoms in total. The third-order valence-corrected chi connectivity index (χ3v) is 6.71. The predicted molar refractivity (Wildman–Crippen MR) is 111 cm³/mol. The summed E-state index contributed by atoms with van der Waals surface area (Å²) < 4.78 is 0. The van der Waals surface area contributed by atoms with Crippen LogP contribution in [0.25, 0.3) is 0 Å². The molecule has 1 heteroatoms. The van der Waals surface area contributed by atoms with Crippen LogP contribution in [-0.4, -0.2) is 17.0 Å². The molecule has 0 spiro atoms. The lowest BCUT2D eigenvalue weighted by Crippen LogP contribution is -2.44. The van der Waals surface area contributed by atoms with E-state index in [2.05, 4.69) is 75.9 Å². The Morgan fingerprint density at radius 2 is 1.27 bits per heavy atom. The number of hydrogen-bond acceptors (Lipinski definition) is 1. The summed E-state index contributed by atoms with van der Waals surface area (Å²) in [4.78, 5) is 2.60. The molecule has 1 heterocycles. The van der Waals surface area contributed by atoms with Gasteiger partial charge in [-0.2, -0.15) is 0 Å². The maximum Gasteiger partial charge on any atom is 0.0241 e. The Hall–Kier alpha value is -1.60. The van der Waals surface area contributed by atoms with E-state index in [1.54, 1.807) is 16.7 Å². The first-order valence-electron chi connectivity index (χ1n) is 10.2. The second-order valence-electron chi connectivity index (χ2n) is 9.79. The molecule has 0 amide bonds. The van der Waals surface area contributed by atoms with Crippen LogP contribution < -0.4 is 0 Å². The van der Waals surface area contributed by atoms with Gasteiger partial charge in [-0.1, -0.05) is 50.2 Å². The molecule has 0 saturated carbocycles. The molecule has 0 aromatic heterocycles. The van der Waals surface area contributed by atoms with Gasteiger partial charge in [0, 0.05) is 24.0 Å². The summed E-state index contributed by atoms with van der Waals surface area (Å²) in [6, 6.07) is 14.5. The van der Waals surface area contributed by atoms with Gasteiger partial charge in [-0.15, -0.1) is 0 Å². The first-order valence-corrected chi connectivity index (χ1v) is 10.2. The molecule has 2 aliphatic rings. The summed E-state index contributed by atoms with van der Waals surface area (Å²) in [6.45, 7) is 14.0. The Labute approximate surface area is 159 Å². The van der Waals surface area contributed by atoms with Gasteiger partial charge in [0.1, 0.15) is 0 Å². The normalized spacial score (nSPS) is 17.9. The van der Waals surface area contributed by atoms with E-state index in [-0.39, 0.29) is 11.0 Å². The minimum absolute atomic E-state index is 0.0633. The van der Waals surface area contributed by atoms with Gasteiger partial charge in [-0.25, -0.2) is 0 Å². The van der Waals surface area contributed by atoms with Crippen LogP contribution in [0.2, 0.25) is 0 Å². The zero-order chi connectivity index (χ0) is 18.5. The summed E-state index contributed by atoms with van der Waals surface area (Å²) in [7, 11) is 0. The maximum absolute atomic E-state index is 2.60.